The van der Waals surface area contributed by atoms with Crippen molar-refractivity contribution in [1.29, 1.82) is 0 Å². The number of aromatic nitrogens is 3. The van der Waals surface area contributed by atoms with Crippen molar-refractivity contribution in [2.24, 2.45) is 0 Å². The van der Waals surface area contributed by atoms with E-state index in [2.05, 4.69) is 15.0 Å². The quantitative estimate of drug-likeness (QED) is 0.377. The number of nitrogens with two attached hydrogens (primary N) is 3. The van der Waals surface area contributed by atoms with Gasteiger partial charge in [0.1, 0.15) is 17.2 Å². The summed E-state index contributed by atoms with van der Waals surface area (Å²) in [7, 11) is 0. The van der Waals surface area contributed by atoms with E-state index in [1.165, 1.54) is 17.8 Å². The zero-order chi connectivity index (χ0) is 14.1. The van der Waals surface area contributed by atoms with Crippen LogP contribution in [0.1, 0.15) is 5.89 Å². The smallest absolute Gasteiger partial charge is 0.205 e. The van der Waals surface area contributed by atoms with Crippen LogP contribution in [0.2, 0.25) is 0 Å². The van der Waals surface area contributed by atoms with Gasteiger partial charge < -0.3 is 21.6 Å². The first-order valence-corrected chi connectivity index (χ1v) is 6.76. The van der Waals surface area contributed by atoms with Crippen molar-refractivity contribution in [3.05, 3.63) is 30.2 Å². The van der Waals surface area contributed by atoms with E-state index in [4.69, 9.17) is 21.6 Å². The van der Waals surface area contributed by atoms with Crippen LogP contribution in [0.5, 0.6) is 0 Å². The largest absolute Gasteiger partial charge is 0.440 e. The fraction of sp³-hybridized carbons (Fsp3) is 0.0833. The normalized spacial score (nSPS) is 11.0. The van der Waals surface area contributed by atoms with Crippen LogP contribution in [0, 0.1) is 0 Å². The van der Waals surface area contributed by atoms with E-state index in [0.717, 1.165) is 5.52 Å². The maximum Gasteiger partial charge on any atom is 0.205 e. The molecule has 3 aromatic rings. The Hall–Kier alpha value is -2.48. The number of hydrogen-bond donors (Lipinski definition) is 3. The Morgan fingerprint density at radius 2 is 1.75 bits per heavy atom. The number of rotatable bonds is 3. The zero-order valence-electron chi connectivity index (χ0n) is 10.4. The van der Waals surface area contributed by atoms with Crippen molar-refractivity contribution in [3.8, 4) is 0 Å². The molecule has 6 N–H and O–H groups in total. The summed E-state index contributed by atoms with van der Waals surface area (Å²) >= 11 is 1.35. The van der Waals surface area contributed by atoms with Gasteiger partial charge in [0, 0.05) is 11.8 Å². The molecule has 0 saturated carbocycles. The zero-order valence-corrected chi connectivity index (χ0v) is 11.2. The van der Waals surface area contributed by atoms with Crippen LogP contribution in [-0.4, -0.2) is 15.0 Å². The molecule has 0 radical (unpaired) electrons. The molecule has 0 bridgehead atoms. The maximum absolute atomic E-state index is 5.70. The molecule has 7 nitrogen and oxygen atoms in total. The molecule has 2 heterocycles. The second kappa shape index (κ2) is 4.89. The third-order valence-corrected chi connectivity index (χ3v) is 3.36. The highest BCUT2D eigenvalue weighted by Crippen LogP contribution is 2.24. The highest BCUT2D eigenvalue weighted by atomic mass is 32.2. The summed E-state index contributed by atoms with van der Waals surface area (Å²) in [6.45, 7) is 0. The second-order valence-corrected chi connectivity index (χ2v) is 5.07. The van der Waals surface area contributed by atoms with Gasteiger partial charge in [-0.15, -0.1) is 0 Å². The minimum atomic E-state index is 0.338. The molecular formula is C12H12N6OS. The monoisotopic (exact) mass is 288 g/mol. The van der Waals surface area contributed by atoms with Gasteiger partial charge in [0.25, 0.3) is 0 Å². The van der Waals surface area contributed by atoms with Crippen LogP contribution in [-0.2, 0) is 5.75 Å². The maximum atomic E-state index is 5.70. The summed E-state index contributed by atoms with van der Waals surface area (Å²) in [5.74, 6) is 1.73. The fourth-order valence-corrected chi connectivity index (χ4v) is 2.42. The molecule has 0 atom stereocenters. The fourth-order valence-electron chi connectivity index (χ4n) is 1.71. The van der Waals surface area contributed by atoms with Gasteiger partial charge in [-0.25, -0.2) is 15.0 Å². The van der Waals surface area contributed by atoms with Gasteiger partial charge in [-0.1, -0.05) is 11.8 Å². The van der Waals surface area contributed by atoms with E-state index in [1.54, 1.807) is 18.2 Å². The molecule has 0 spiro atoms. The molecule has 0 amide bonds. The minimum absolute atomic E-state index is 0.338. The highest BCUT2D eigenvalue weighted by Gasteiger charge is 2.08. The third-order valence-electron chi connectivity index (χ3n) is 2.53. The SMILES string of the molecule is Nc1ccc2oc(CSc3nc(N)cc(N)n3)nc2c1. The summed E-state index contributed by atoms with van der Waals surface area (Å²) in [4.78, 5) is 12.5. The van der Waals surface area contributed by atoms with Crippen molar-refractivity contribution in [1.82, 2.24) is 15.0 Å². The van der Waals surface area contributed by atoms with Crippen LogP contribution in [0.15, 0.2) is 33.8 Å². The first-order chi connectivity index (χ1) is 9.60. The highest BCUT2D eigenvalue weighted by molar-refractivity contribution is 7.98. The van der Waals surface area contributed by atoms with Crippen LogP contribution >= 0.6 is 11.8 Å². The average molecular weight is 288 g/mol. The van der Waals surface area contributed by atoms with Gasteiger partial charge in [-0.05, 0) is 18.2 Å². The molecule has 20 heavy (non-hydrogen) atoms. The summed E-state index contributed by atoms with van der Waals surface area (Å²) in [6, 6.07) is 6.83. The lowest BCUT2D eigenvalue weighted by Crippen LogP contribution is -1.99. The molecule has 102 valence electrons. The summed E-state index contributed by atoms with van der Waals surface area (Å²) in [5, 5.41) is 0.490. The molecular weight excluding hydrogens is 276 g/mol. The van der Waals surface area contributed by atoms with E-state index in [0.29, 0.717) is 39.7 Å². The van der Waals surface area contributed by atoms with Crippen LogP contribution in [0.25, 0.3) is 11.1 Å². The van der Waals surface area contributed by atoms with Gasteiger partial charge in [-0.3, -0.25) is 0 Å². The van der Waals surface area contributed by atoms with Crippen LogP contribution in [0.4, 0.5) is 17.3 Å². The molecule has 0 saturated heterocycles. The Morgan fingerprint density at radius 3 is 2.50 bits per heavy atom. The predicted octanol–water partition coefficient (Wildman–Crippen LogP) is 1.66. The number of oxazole rings is 1. The first kappa shape index (κ1) is 12.5. The number of nitrogen functional groups attached to an aromatic ring is 3. The molecule has 8 heteroatoms. The Balaban J connectivity index is 1.79. The lowest BCUT2D eigenvalue weighted by Gasteiger charge is -2.00. The molecule has 3 rings (SSSR count). The van der Waals surface area contributed by atoms with E-state index in [1.807, 2.05) is 0 Å². The molecule has 1 aromatic carbocycles. The lowest BCUT2D eigenvalue weighted by atomic mass is 10.3. The van der Waals surface area contributed by atoms with E-state index in [9.17, 15) is 0 Å². The van der Waals surface area contributed by atoms with E-state index in [-0.39, 0.29) is 0 Å². The molecule has 0 aliphatic rings. The molecule has 0 unspecified atom stereocenters. The number of hydrogen-bond acceptors (Lipinski definition) is 8. The Kier molecular flexibility index (Phi) is 3.07. The van der Waals surface area contributed by atoms with Crippen molar-refractivity contribution in [2.75, 3.05) is 17.2 Å². The molecule has 2 aromatic heterocycles. The van der Waals surface area contributed by atoms with E-state index < -0.39 is 0 Å². The summed E-state index contributed by atoms with van der Waals surface area (Å²) < 4.78 is 5.60. The van der Waals surface area contributed by atoms with Crippen LogP contribution < -0.4 is 17.2 Å². The van der Waals surface area contributed by atoms with Crippen molar-refractivity contribution in [2.45, 2.75) is 10.9 Å². The topological polar surface area (TPSA) is 130 Å². The number of thioether (sulfide) groups is 1. The van der Waals surface area contributed by atoms with Gasteiger partial charge in [-0.2, -0.15) is 0 Å². The summed E-state index contributed by atoms with van der Waals surface area (Å²) in [6.07, 6.45) is 0. The summed E-state index contributed by atoms with van der Waals surface area (Å²) in [5.41, 5.74) is 19.0. The van der Waals surface area contributed by atoms with Gasteiger partial charge in [0.15, 0.2) is 10.7 Å². The Bertz CT molecular complexity index is 751. The van der Waals surface area contributed by atoms with E-state index >= 15 is 0 Å². The third kappa shape index (κ3) is 2.59. The molecule has 0 aliphatic carbocycles. The average Bonchev–Trinajstić information content (AvgIpc) is 2.77. The first-order valence-electron chi connectivity index (χ1n) is 5.78. The van der Waals surface area contributed by atoms with Crippen molar-refractivity contribution < 1.29 is 4.42 Å². The minimum Gasteiger partial charge on any atom is -0.440 e. The van der Waals surface area contributed by atoms with Gasteiger partial charge >= 0.3 is 0 Å². The number of nitrogens with zero attached hydrogens (tertiary/aromatic N) is 3. The Labute approximate surface area is 118 Å². The Morgan fingerprint density at radius 1 is 1.00 bits per heavy atom. The number of benzene rings is 1. The standard InChI is InChI=1S/C12H12N6OS/c13-6-1-2-8-7(3-6)16-11(19-8)5-20-12-17-9(14)4-10(15)18-12/h1-4H,5,13H2,(H4,14,15,17,18). The number of anilines is 3. The van der Waals surface area contributed by atoms with Crippen LogP contribution in [0.3, 0.4) is 0 Å². The van der Waals surface area contributed by atoms with Crippen molar-refractivity contribution in [3.63, 3.8) is 0 Å². The predicted molar refractivity (Wildman–Crippen MR) is 78.8 cm³/mol. The number of fused-ring (bicyclic) bond motifs is 1. The lowest BCUT2D eigenvalue weighted by molar-refractivity contribution is 0.556. The molecule has 0 aliphatic heterocycles. The van der Waals surface area contributed by atoms with Gasteiger partial charge in [0.05, 0.1) is 5.75 Å². The van der Waals surface area contributed by atoms with Crippen molar-refractivity contribution >= 4 is 40.2 Å². The molecule has 0 fully saturated rings. The van der Waals surface area contributed by atoms with Gasteiger partial charge in [0.2, 0.25) is 5.89 Å². The second-order valence-electron chi connectivity index (χ2n) is 4.12.